The van der Waals surface area contributed by atoms with Gasteiger partial charge in [-0.15, -0.1) is 11.3 Å². The van der Waals surface area contributed by atoms with Gasteiger partial charge in [0.1, 0.15) is 0 Å². The summed E-state index contributed by atoms with van der Waals surface area (Å²) in [6.07, 6.45) is -2.76. The highest BCUT2D eigenvalue weighted by Gasteiger charge is 2.59. The first-order valence-corrected chi connectivity index (χ1v) is 10.2. The number of halogens is 3. The summed E-state index contributed by atoms with van der Waals surface area (Å²) in [7, 11) is 1.35. The quantitative estimate of drug-likeness (QED) is 0.757. The number of carbonyl (C=O) groups is 1. The lowest BCUT2D eigenvalue weighted by molar-refractivity contribution is -0.272. The Bertz CT molecular complexity index is 845. The van der Waals surface area contributed by atoms with Crippen molar-refractivity contribution in [3.63, 3.8) is 0 Å². The van der Waals surface area contributed by atoms with Gasteiger partial charge in [-0.1, -0.05) is 6.92 Å². The largest absolute Gasteiger partial charge is 0.425 e. The first-order chi connectivity index (χ1) is 13.6. The molecule has 3 rings (SSSR count). The summed E-state index contributed by atoms with van der Waals surface area (Å²) in [5.41, 5.74) is -2.36. The third kappa shape index (κ3) is 4.62. The van der Waals surface area contributed by atoms with E-state index < -0.39 is 29.9 Å². The van der Waals surface area contributed by atoms with Crippen molar-refractivity contribution in [3.8, 4) is 0 Å². The second kappa shape index (κ2) is 8.41. The maximum absolute atomic E-state index is 13.6. The van der Waals surface area contributed by atoms with Crippen LogP contribution in [0, 0.1) is 0 Å². The van der Waals surface area contributed by atoms with Gasteiger partial charge >= 0.3 is 6.18 Å². The van der Waals surface area contributed by atoms with Crippen LogP contribution in [0.3, 0.4) is 0 Å². The number of imidazole rings is 1. The van der Waals surface area contributed by atoms with Gasteiger partial charge in [0.05, 0.1) is 17.1 Å². The molecule has 1 N–H and O–H groups in total. The normalized spacial score (nSPS) is 18.1. The maximum Gasteiger partial charge on any atom is 0.425 e. The van der Waals surface area contributed by atoms with E-state index in [9.17, 15) is 23.1 Å². The first kappa shape index (κ1) is 21.7. The van der Waals surface area contributed by atoms with E-state index in [2.05, 4.69) is 14.9 Å². The minimum atomic E-state index is -5.02. The van der Waals surface area contributed by atoms with Crippen molar-refractivity contribution >= 4 is 17.2 Å². The molecule has 7 nitrogen and oxygen atoms in total. The minimum Gasteiger partial charge on any atom is -0.374 e. The van der Waals surface area contributed by atoms with E-state index in [-0.39, 0.29) is 0 Å². The van der Waals surface area contributed by atoms with Gasteiger partial charge in [0.15, 0.2) is 5.82 Å². The molecule has 1 aliphatic rings. The predicted molar refractivity (Wildman–Crippen MR) is 101 cm³/mol. The van der Waals surface area contributed by atoms with Crippen LogP contribution in [0.25, 0.3) is 0 Å². The summed E-state index contributed by atoms with van der Waals surface area (Å²) in [6, 6.07) is 0. The topological polar surface area (TPSA) is 74.5 Å². The molecular weight excluding hydrogens is 407 g/mol. The zero-order valence-electron chi connectivity index (χ0n) is 16.3. The fraction of sp³-hybridized carbons (Fsp3) is 0.611. The summed E-state index contributed by atoms with van der Waals surface area (Å²) >= 11 is 1.61. The van der Waals surface area contributed by atoms with Gasteiger partial charge in [-0.05, 0) is 6.42 Å². The molecule has 2 aromatic heterocycles. The van der Waals surface area contributed by atoms with Crippen molar-refractivity contribution in [3.05, 3.63) is 34.3 Å². The Kier molecular flexibility index (Phi) is 6.30. The highest BCUT2D eigenvalue weighted by Crippen LogP contribution is 2.41. The Morgan fingerprint density at radius 2 is 1.97 bits per heavy atom. The maximum atomic E-state index is 13.6. The Balaban J connectivity index is 1.61. The summed E-state index contributed by atoms with van der Waals surface area (Å²) in [4.78, 5) is 24.2. The van der Waals surface area contributed by atoms with E-state index in [0.717, 1.165) is 27.9 Å². The predicted octanol–water partition coefficient (Wildman–Crippen LogP) is 1.92. The fourth-order valence-electron chi connectivity index (χ4n) is 3.37. The molecule has 1 amide bonds. The Morgan fingerprint density at radius 3 is 2.48 bits per heavy atom. The van der Waals surface area contributed by atoms with Crippen LogP contribution in [-0.2, 0) is 30.4 Å². The van der Waals surface area contributed by atoms with Crippen molar-refractivity contribution < 1.29 is 23.1 Å². The number of piperazine rings is 1. The molecule has 1 atom stereocenters. The van der Waals surface area contributed by atoms with E-state index in [0.29, 0.717) is 32.7 Å². The fourth-order valence-corrected chi connectivity index (χ4v) is 4.11. The van der Waals surface area contributed by atoms with Crippen molar-refractivity contribution in [2.75, 3.05) is 26.2 Å². The Hall–Kier alpha value is -1.98. The van der Waals surface area contributed by atoms with Crippen molar-refractivity contribution in [1.82, 2.24) is 24.3 Å². The summed E-state index contributed by atoms with van der Waals surface area (Å²) < 4.78 is 41.9. The van der Waals surface area contributed by atoms with Gasteiger partial charge in [0.2, 0.25) is 11.5 Å². The van der Waals surface area contributed by atoms with Gasteiger partial charge in [-0.25, -0.2) is 9.97 Å². The molecule has 0 saturated carbocycles. The van der Waals surface area contributed by atoms with Gasteiger partial charge in [0, 0.05) is 57.5 Å². The highest BCUT2D eigenvalue weighted by molar-refractivity contribution is 7.09. The average Bonchev–Trinajstić information content (AvgIpc) is 3.30. The lowest BCUT2D eigenvalue weighted by Gasteiger charge is -2.36. The van der Waals surface area contributed by atoms with E-state index in [1.165, 1.54) is 18.1 Å². The molecule has 1 fully saturated rings. The number of aliphatic hydroxyl groups is 1. The monoisotopic (exact) mass is 431 g/mol. The summed E-state index contributed by atoms with van der Waals surface area (Å²) in [5, 5.41) is 13.5. The summed E-state index contributed by atoms with van der Waals surface area (Å²) in [5.74, 6) is -1.33. The van der Waals surface area contributed by atoms with Crippen LogP contribution in [0.1, 0.15) is 29.9 Å². The zero-order valence-corrected chi connectivity index (χ0v) is 17.1. The molecule has 2 aromatic rings. The lowest BCUT2D eigenvalue weighted by atomic mass is 9.96. The van der Waals surface area contributed by atoms with Crippen LogP contribution >= 0.6 is 11.3 Å². The molecule has 0 aromatic carbocycles. The highest BCUT2D eigenvalue weighted by atomic mass is 32.1. The third-order valence-electron chi connectivity index (χ3n) is 5.08. The van der Waals surface area contributed by atoms with Crippen LogP contribution in [0.5, 0.6) is 0 Å². The lowest BCUT2D eigenvalue weighted by Crippen LogP contribution is -2.52. The SMILES string of the molecule is CCc1nc(CN2CCN(C(=O)CC(O)(c3nccn3C)C(F)(F)F)CC2)cs1. The number of nitrogens with zero attached hydrogens (tertiary/aromatic N) is 5. The number of amides is 1. The number of alkyl halides is 3. The molecule has 3 heterocycles. The number of hydrogen-bond donors (Lipinski definition) is 1. The van der Waals surface area contributed by atoms with Crippen LogP contribution < -0.4 is 0 Å². The smallest absolute Gasteiger partial charge is 0.374 e. The third-order valence-corrected chi connectivity index (χ3v) is 6.12. The van der Waals surface area contributed by atoms with E-state index >= 15 is 0 Å². The molecule has 29 heavy (non-hydrogen) atoms. The average molecular weight is 431 g/mol. The number of aryl methyl sites for hydroxylation is 2. The summed E-state index contributed by atoms with van der Waals surface area (Å²) in [6.45, 7) is 4.38. The van der Waals surface area contributed by atoms with Crippen LogP contribution in [0.2, 0.25) is 0 Å². The second-order valence-corrected chi connectivity index (χ2v) is 8.08. The van der Waals surface area contributed by atoms with Crippen LogP contribution in [-0.4, -0.2) is 67.7 Å². The number of hydrogen-bond acceptors (Lipinski definition) is 6. The minimum absolute atomic E-state index is 0.304. The van der Waals surface area contributed by atoms with Crippen molar-refractivity contribution in [2.24, 2.45) is 7.05 Å². The van der Waals surface area contributed by atoms with Gasteiger partial charge in [0.25, 0.3) is 0 Å². The molecule has 1 aliphatic heterocycles. The Morgan fingerprint density at radius 1 is 1.28 bits per heavy atom. The van der Waals surface area contributed by atoms with Crippen LogP contribution in [0.4, 0.5) is 13.2 Å². The second-order valence-electron chi connectivity index (χ2n) is 7.14. The molecule has 1 saturated heterocycles. The van der Waals surface area contributed by atoms with Gasteiger partial charge in [-0.2, -0.15) is 13.2 Å². The molecule has 0 spiro atoms. The van der Waals surface area contributed by atoms with Gasteiger partial charge < -0.3 is 14.6 Å². The van der Waals surface area contributed by atoms with E-state index in [1.807, 2.05) is 12.3 Å². The molecular formula is C18H24F3N5O2S. The molecule has 11 heteroatoms. The first-order valence-electron chi connectivity index (χ1n) is 9.34. The Labute approximate surface area is 170 Å². The number of thiazole rings is 1. The molecule has 1 unspecified atom stereocenters. The number of rotatable bonds is 6. The molecule has 160 valence electrons. The number of carbonyl (C=O) groups excluding carboxylic acids is 1. The van der Waals surface area contributed by atoms with Crippen LogP contribution in [0.15, 0.2) is 17.8 Å². The zero-order chi connectivity index (χ0) is 21.2. The van der Waals surface area contributed by atoms with Crippen molar-refractivity contribution in [2.45, 2.75) is 38.1 Å². The standard InChI is InChI=1S/C18H24F3N5O2S/c1-3-14-23-13(12-29-14)11-25-6-8-26(9-7-25)15(27)10-17(28,18(19,20)21)16-22-4-5-24(16)2/h4-5,12,28H,3,6-11H2,1-2H3. The van der Waals surface area contributed by atoms with E-state index in [4.69, 9.17) is 0 Å². The molecule has 0 aliphatic carbocycles. The van der Waals surface area contributed by atoms with Crippen molar-refractivity contribution in [1.29, 1.82) is 0 Å². The van der Waals surface area contributed by atoms with E-state index in [1.54, 1.807) is 11.3 Å². The number of aromatic nitrogens is 3. The molecule has 0 radical (unpaired) electrons. The molecule has 0 bridgehead atoms. The van der Waals surface area contributed by atoms with Gasteiger partial charge in [-0.3, -0.25) is 9.69 Å².